The van der Waals surface area contributed by atoms with E-state index in [1.807, 2.05) is 0 Å². The molecule has 0 bridgehead atoms. The van der Waals surface area contributed by atoms with Gasteiger partial charge in [-0.1, -0.05) is 67.2 Å². The maximum absolute atomic E-state index is 13.1. The molecule has 1 aliphatic carbocycles. The molecule has 1 saturated heterocycles. The largest absolute Gasteiger partial charge is 0.366 e. The van der Waals surface area contributed by atoms with E-state index in [1.165, 1.54) is 12.0 Å². The number of carbonyl (C=O) groups excluding carboxylic acids is 2. The van der Waals surface area contributed by atoms with Gasteiger partial charge in [-0.2, -0.15) is 0 Å². The summed E-state index contributed by atoms with van der Waals surface area (Å²) in [5.41, 5.74) is 2.06. The molecule has 3 amide bonds. The van der Waals surface area contributed by atoms with E-state index in [2.05, 4.69) is 77.2 Å². The average molecular weight is 475 g/mol. The van der Waals surface area contributed by atoms with Gasteiger partial charge in [-0.05, 0) is 47.8 Å². The van der Waals surface area contributed by atoms with Gasteiger partial charge >= 0.3 is 6.03 Å². The van der Waals surface area contributed by atoms with E-state index in [0.29, 0.717) is 24.9 Å². The molecule has 2 N–H and O–H groups in total. The van der Waals surface area contributed by atoms with E-state index in [1.54, 1.807) is 19.0 Å². The highest BCUT2D eigenvalue weighted by Crippen LogP contribution is 2.53. The second-order valence-electron chi connectivity index (χ2n) is 12.8. The number of urea groups is 1. The summed E-state index contributed by atoms with van der Waals surface area (Å²) in [6, 6.07) is -0.0123. The zero-order valence-corrected chi connectivity index (χ0v) is 23.3. The summed E-state index contributed by atoms with van der Waals surface area (Å²) in [7, 11) is 3.56. The maximum atomic E-state index is 13.1. The molecule has 0 aromatic heterocycles. The highest BCUT2D eigenvalue weighted by atomic mass is 16.2. The van der Waals surface area contributed by atoms with Crippen molar-refractivity contribution in [2.24, 2.45) is 28.6 Å². The van der Waals surface area contributed by atoms with E-state index in [-0.39, 0.29) is 34.7 Å². The number of fused-ring (bicyclic) bond motifs is 1. The lowest BCUT2D eigenvalue weighted by Crippen LogP contribution is -2.53. The minimum absolute atomic E-state index is 0.0167. The lowest BCUT2D eigenvalue weighted by molar-refractivity contribution is -0.129. The van der Waals surface area contributed by atoms with Gasteiger partial charge in [-0.25, -0.2) is 4.79 Å². The number of nitrogens with one attached hydrogen (secondary N) is 2. The van der Waals surface area contributed by atoms with Crippen LogP contribution >= 0.6 is 0 Å². The Hall–Kier alpha value is -1.98. The molecular formula is C28H50N4O2. The molecule has 2 aliphatic rings. The normalized spacial score (nSPS) is 23.6. The van der Waals surface area contributed by atoms with Gasteiger partial charge in [0.25, 0.3) is 0 Å². The number of hydrogen-bond acceptors (Lipinski definition) is 3. The first-order chi connectivity index (χ1) is 15.6. The number of carbonyl (C=O) groups is 2. The fourth-order valence-corrected chi connectivity index (χ4v) is 5.22. The zero-order chi connectivity index (χ0) is 26.0. The highest BCUT2D eigenvalue weighted by Gasteiger charge is 2.54. The first-order valence-corrected chi connectivity index (χ1v) is 13.0. The van der Waals surface area contributed by atoms with Gasteiger partial charge in [0.1, 0.15) is 0 Å². The Balaban J connectivity index is 2.04. The molecule has 1 saturated carbocycles. The van der Waals surface area contributed by atoms with Crippen molar-refractivity contribution < 1.29 is 9.59 Å². The van der Waals surface area contributed by atoms with Crippen LogP contribution in [0.15, 0.2) is 24.4 Å². The maximum Gasteiger partial charge on any atom is 0.315 e. The van der Waals surface area contributed by atoms with Crippen molar-refractivity contribution in [1.82, 2.24) is 20.4 Å². The van der Waals surface area contributed by atoms with Crippen molar-refractivity contribution in [3.63, 3.8) is 0 Å². The fourth-order valence-electron chi connectivity index (χ4n) is 5.22. The van der Waals surface area contributed by atoms with Crippen molar-refractivity contribution in [3.8, 4) is 0 Å². The smallest absolute Gasteiger partial charge is 0.315 e. The van der Waals surface area contributed by atoms with Gasteiger partial charge in [-0.3, -0.25) is 4.79 Å². The molecule has 0 aromatic carbocycles. The van der Waals surface area contributed by atoms with Gasteiger partial charge in [0, 0.05) is 39.3 Å². The lowest BCUT2D eigenvalue weighted by atomic mass is 9.78. The quantitative estimate of drug-likeness (QED) is 0.437. The van der Waals surface area contributed by atoms with Crippen LogP contribution in [0.25, 0.3) is 0 Å². The van der Waals surface area contributed by atoms with Crippen LogP contribution in [0.4, 0.5) is 4.79 Å². The van der Waals surface area contributed by atoms with E-state index in [4.69, 9.17) is 0 Å². The minimum Gasteiger partial charge on any atom is -0.366 e. The van der Waals surface area contributed by atoms with Crippen molar-refractivity contribution in [1.29, 1.82) is 0 Å². The van der Waals surface area contributed by atoms with Crippen LogP contribution in [0.5, 0.6) is 0 Å². The van der Waals surface area contributed by atoms with Gasteiger partial charge in [0.15, 0.2) is 0 Å². The second kappa shape index (κ2) is 10.7. The molecule has 1 aliphatic heterocycles. The molecule has 0 aromatic rings. The number of amides is 3. The molecule has 1 heterocycles. The molecule has 3 unspecified atom stereocenters. The highest BCUT2D eigenvalue weighted by molar-refractivity contribution is 5.76. The SMILES string of the molecule is C=C(CC)C1[C@H]2C[C@H]2CN1C(=C)C(NC(=O)NCC(CCC(=O)N(C)C)C(C)(C)C)C(C)(C)C. The predicted molar refractivity (Wildman–Crippen MR) is 141 cm³/mol. The molecule has 6 heteroatoms. The summed E-state index contributed by atoms with van der Waals surface area (Å²) < 4.78 is 0. The number of likely N-dealkylation sites (tertiary alicyclic amines) is 1. The van der Waals surface area contributed by atoms with Crippen LogP contribution in [-0.2, 0) is 4.79 Å². The van der Waals surface area contributed by atoms with E-state index < -0.39 is 0 Å². The summed E-state index contributed by atoms with van der Waals surface area (Å²) in [6.07, 6.45) is 3.48. The van der Waals surface area contributed by atoms with Crippen LogP contribution in [0, 0.1) is 28.6 Å². The van der Waals surface area contributed by atoms with E-state index >= 15 is 0 Å². The van der Waals surface area contributed by atoms with Gasteiger partial charge in [-0.15, -0.1) is 0 Å². The molecule has 6 nitrogen and oxygen atoms in total. The number of piperidine rings is 1. The van der Waals surface area contributed by atoms with Crippen LogP contribution in [0.2, 0.25) is 0 Å². The van der Waals surface area contributed by atoms with Crippen LogP contribution in [0.3, 0.4) is 0 Å². The third-order valence-corrected chi connectivity index (χ3v) is 7.81. The van der Waals surface area contributed by atoms with E-state index in [0.717, 1.165) is 31.0 Å². The summed E-state index contributed by atoms with van der Waals surface area (Å²) in [6.45, 7) is 25.5. The number of nitrogens with zero attached hydrogens (tertiary/aromatic N) is 2. The van der Waals surface area contributed by atoms with Crippen molar-refractivity contribution >= 4 is 11.9 Å². The van der Waals surface area contributed by atoms with Crippen LogP contribution < -0.4 is 10.6 Å². The molecule has 0 radical (unpaired) electrons. The third kappa shape index (κ3) is 7.02. The summed E-state index contributed by atoms with van der Waals surface area (Å²) in [5.74, 6) is 1.74. The standard InChI is InChI=1S/C28H50N4O2/c1-12-18(2)24-22-15-20(22)17-32(24)19(3)25(28(7,8)9)30-26(34)29-16-21(27(4,5)6)13-14-23(33)31(10)11/h20-22,24-25H,2-3,12-17H2,1,4-11H3,(H2,29,30,34)/t20-,21?,22-,24?,25?/m0/s1. The lowest BCUT2D eigenvalue weighted by Gasteiger charge is -2.41. The van der Waals surface area contributed by atoms with Crippen LogP contribution in [-0.4, -0.2) is 61.0 Å². The number of hydrogen-bond donors (Lipinski definition) is 2. The Labute approximate surface area is 208 Å². The first kappa shape index (κ1) is 28.3. The predicted octanol–water partition coefficient (Wildman–Crippen LogP) is 5.03. The van der Waals surface area contributed by atoms with E-state index in [9.17, 15) is 9.59 Å². The van der Waals surface area contributed by atoms with Crippen molar-refractivity contribution in [2.75, 3.05) is 27.2 Å². The summed E-state index contributed by atoms with van der Waals surface area (Å²) >= 11 is 0. The monoisotopic (exact) mass is 474 g/mol. The Morgan fingerprint density at radius 1 is 1.09 bits per heavy atom. The molecule has 2 fully saturated rings. The molecule has 34 heavy (non-hydrogen) atoms. The Morgan fingerprint density at radius 3 is 2.21 bits per heavy atom. The average Bonchev–Trinajstić information content (AvgIpc) is 3.38. The molecule has 194 valence electrons. The molecular weight excluding hydrogens is 424 g/mol. The zero-order valence-electron chi connectivity index (χ0n) is 23.3. The van der Waals surface area contributed by atoms with Crippen LogP contribution in [0.1, 0.15) is 74.1 Å². The fraction of sp³-hybridized carbons (Fsp3) is 0.786. The summed E-state index contributed by atoms with van der Waals surface area (Å²) in [5, 5.41) is 6.34. The Morgan fingerprint density at radius 2 is 1.71 bits per heavy atom. The van der Waals surface area contributed by atoms with Crippen molar-refractivity contribution in [2.45, 2.75) is 86.2 Å². The molecule has 0 spiro atoms. The van der Waals surface area contributed by atoms with Gasteiger partial charge in [0.2, 0.25) is 5.91 Å². The second-order valence-corrected chi connectivity index (χ2v) is 12.8. The van der Waals surface area contributed by atoms with Crippen molar-refractivity contribution in [3.05, 3.63) is 24.4 Å². The minimum atomic E-state index is -0.180. The summed E-state index contributed by atoms with van der Waals surface area (Å²) in [4.78, 5) is 29.2. The topological polar surface area (TPSA) is 64.7 Å². The number of rotatable bonds is 10. The molecule has 2 rings (SSSR count). The Bertz CT molecular complexity index is 774. The molecule has 5 atom stereocenters. The first-order valence-electron chi connectivity index (χ1n) is 13.0. The Kier molecular flexibility index (Phi) is 8.93. The van der Waals surface area contributed by atoms with Gasteiger partial charge in [0.05, 0.1) is 12.1 Å². The third-order valence-electron chi connectivity index (χ3n) is 7.81. The van der Waals surface area contributed by atoms with Gasteiger partial charge < -0.3 is 20.4 Å².